The maximum Gasteiger partial charge on any atom is 0.257 e. The van der Waals surface area contributed by atoms with Crippen molar-refractivity contribution in [3.63, 3.8) is 0 Å². The van der Waals surface area contributed by atoms with Crippen molar-refractivity contribution >= 4 is 34.2 Å². The second kappa shape index (κ2) is 6.86. The van der Waals surface area contributed by atoms with E-state index < -0.39 is 0 Å². The number of nitrogens with zero attached hydrogens (tertiary/aromatic N) is 3. The van der Waals surface area contributed by atoms with Crippen LogP contribution < -0.4 is 5.32 Å². The molecule has 1 N–H and O–H groups in total. The zero-order valence-electron chi connectivity index (χ0n) is 13.4. The highest BCUT2D eigenvalue weighted by atomic mass is 79.9. The van der Waals surface area contributed by atoms with Gasteiger partial charge in [-0.1, -0.05) is 22.0 Å². The molecule has 0 spiro atoms. The van der Waals surface area contributed by atoms with Gasteiger partial charge in [0.2, 0.25) is 0 Å². The number of carbonyl (C=O) groups is 1. The van der Waals surface area contributed by atoms with Crippen molar-refractivity contribution in [1.29, 1.82) is 0 Å². The van der Waals surface area contributed by atoms with Crippen LogP contribution in [0.5, 0.6) is 0 Å². The molecule has 2 aliphatic heterocycles. The van der Waals surface area contributed by atoms with Crippen LogP contribution in [-0.4, -0.2) is 46.8 Å². The first-order chi connectivity index (χ1) is 11.1. The van der Waals surface area contributed by atoms with Crippen molar-refractivity contribution in [3.8, 4) is 5.69 Å². The Morgan fingerprint density at radius 1 is 1.29 bits per heavy atom. The van der Waals surface area contributed by atoms with Crippen LogP contribution in [0.1, 0.15) is 16.1 Å². The Labute approximate surface area is 155 Å². The highest BCUT2D eigenvalue weighted by molar-refractivity contribution is 9.10. The summed E-state index contributed by atoms with van der Waals surface area (Å²) in [6.07, 6.45) is 1.70. The second-order valence-electron chi connectivity index (χ2n) is 6.42. The minimum Gasteiger partial charge on any atom is -0.338 e. The lowest BCUT2D eigenvalue weighted by Crippen LogP contribution is -2.32. The van der Waals surface area contributed by atoms with E-state index >= 15 is 0 Å². The van der Waals surface area contributed by atoms with Crippen LogP contribution in [-0.2, 0) is 0 Å². The van der Waals surface area contributed by atoms with Gasteiger partial charge in [0.25, 0.3) is 5.91 Å². The highest BCUT2D eigenvalue weighted by Gasteiger charge is 2.38. The van der Waals surface area contributed by atoms with Crippen molar-refractivity contribution in [2.24, 2.45) is 11.8 Å². The van der Waals surface area contributed by atoms with Crippen molar-refractivity contribution in [3.05, 3.63) is 46.2 Å². The molecule has 0 saturated carbocycles. The van der Waals surface area contributed by atoms with Gasteiger partial charge in [-0.05, 0) is 37.0 Å². The molecule has 4 rings (SSSR count). The molecule has 1 aromatic carbocycles. The van der Waals surface area contributed by atoms with Crippen LogP contribution in [0.2, 0.25) is 0 Å². The summed E-state index contributed by atoms with van der Waals surface area (Å²) < 4.78 is 2.83. The number of aromatic nitrogens is 2. The standard InChI is InChI=1S/C17H19BrN4O.ClH/c1-11-16(8-20-22(11)15-4-2-3-14(18)5-15)17(23)21-9-12-6-19-7-13(12)10-21;/h2-5,8,12-13,19H,6-7,9-10H2,1H3;1H/t12-,13+;. The molecule has 2 saturated heterocycles. The quantitative estimate of drug-likeness (QED) is 0.826. The Balaban J connectivity index is 0.00000169. The fourth-order valence-electron chi connectivity index (χ4n) is 3.68. The summed E-state index contributed by atoms with van der Waals surface area (Å²) in [5.41, 5.74) is 2.56. The minimum atomic E-state index is 0. The molecule has 0 radical (unpaired) electrons. The zero-order valence-corrected chi connectivity index (χ0v) is 15.8. The van der Waals surface area contributed by atoms with Gasteiger partial charge < -0.3 is 10.2 Å². The summed E-state index contributed by atoms with van der Waals surface area (Å²) in [6, 6.07) is 7.94. The number of rotatable bonds is 2. The van der Waals surface area contributed by atoms with Gasteiger partial charge in [0.1, 0.15) is 0 Å². The molecule has 24 heavy (non-hydrogen) atoms. The van der Waals surface area contributed by atoms with E-state index in [1.165, 1.54) is 0 Å². The van der Waals surface area contributed by atoms with Gasteiger partial charge in [-0.3, -0.25) is 4.79 Å². The number of hydrogen-bond donors (Lipinski definition) is 1. The predicted molar refractivity (Wildman–Crippen MR) is 99.0 cm³/mol. The van der Waals surface area contributed by atoms with Gasteiger partial charge in [0, 0.05) is 30.7 Å². The van der Waals surface area contributed by atoms with E-state index in [1.54, 1.807) is 6.20 Å². The summed E-state index contributed by atoms with van der Waals surface area (Å²) in [5.74, 6) is 1.33. The molecule has 2 fully saturated rings. The predicted octanol–water partition coefficient (Wildman–Crippen LogP) is 2.66. The summed E-state index contributed by atoms with van der Waals surface area (Å²) in [4.78, 5) is 14.8. The number of hydrogen-bond acceptors (Lipinski definition) is 3. The van der Waals surface area contributed by atoms with E-state index in [9.17, 15) is 4.79 Å². The Hall–Kier alpha value is -1.37. The Kier molecular flexibility index (Phi) is 4.99. The van der Waals surface area contributed by atoms with E-state index in [1.807, 2.05) is 40.8 Å². The van der Waals surface area contributed by atoms with E-state index in [4.69, 9.17) is 0 Å². The molecule has 1 aromatic heterocycles. The molecule has 1 amide bonds. The van der Waals surface area contributed by atoms with Crippen LogP contribution in [0.15, 0.2) is 34.9 Å². The van der Waals surface area contributed by atoms with Crippen LogP contribution in [0.25, 0.3) is 5.69 Å². The van der Waals surface area contributed by atoms with E-state index in [-0.39, 0.29) is 18.3 Å². The smallest absolute Gasteiger partial charge is 0.257 e. The first-order valence-corrected chi connectivity index (χ1v) is 8.73. The van der Waals surface area contributed by atoms with Crippen LogP contribution in [0, 0.1) is 18.8 Å². The fourth-order valence-corrected chi connectivity index (χ4v) is 4.07. The number of nitrogens with one attached hydrogen (secondary N) is 1. The summed E-state index contributed by atoms with van der Waals surface area (Å²) in [6.45, 7) is 5.74. The summed E-state index contributed by atoms with van der Waals surface area (Å²) >= 11 is 3.48. The molecule has 0 aliphatic carbocycles. The molecule has 2 aliphatic rings. The van der Waals surface area contributed by atoms with Gasteiger partial charge in [0.05, 0.1) is 23.1 Å². The average Bonchev–Trinajstić information content (AvgIpc) is 3.20. The third kappa shape index (κ3) is 2.98. The van der Waals surface area contributed by atoms with Gasteiger partial charge in [-0.15, -0.1) is 12.4 Å². The fraction of sp³-hybridized carbons (Fsp3) is 0.412. The Morgan fingerprint density at radius 2 is 2.00 bits per heavy atom. The number of likely N-dealkylation sites (tertiary alicyclic amines) is 1. The Bertz CT molecular complexity index is 751. The third-order valence-corrected chi connectivity index (χ3v) is 5.46. The van der Waals surface area contributed by atoms with Gasteiger partial charge >= 0.3 is 0 Å². The van der Waals surface area contributed by atoms with Crippen molar-refractivity contribution in [1.82, 2.24) is 20.0 Å². The molecule has 0 unspecified atom stereocenters. The van der Waals surface area contributed by atoms with Gasteiger partial charge in [0.15, 0.2) is 0 Å². The number of amides is 1. The SMILES string of the molecule is Cc1c(C(=O)N2C[C@H]3CNC[C@H]3C2)cnn1-c1cccc(Br)c1.Cl. The van der Waals surface area contributed by atoms with E-state index in [0.717, 1.165) is 42.0 Å². The molecular formula is C17H20BrClN4O. The lowest BCUT2D eigenvalue weighted by atomic mass is 10.0. The molecule has 2 aromatic rings. The number of carbonyl (C=O) groups excluding carboxylic acids is 1. The average molecular weight is 412 g/mol. The summed E-state index contributed by atoms with van der Waals surface area (Å²) in [7, 11) is 0. The lowest BCUT2D eigenvalue weighted by molar-refractivity contribution is 0.0781. The van der Waals surface area contributed by atoms with Gasteiger partial charge in [-0.2, -0.15) is 5.10 Å². The second-order valence-corrected chi connectivity index (χ2v) is 7.34. The van der Waals surface area contributed by atoms with Crippen molar-refractivity contribution in [2.45, 2.75) is 6.92 Å². The monoisotopic (exact) mass is 410 g/mol. The van der Waals surface area contributed by atoms with Crippen LogP contribution in [0.3, 0.4) is 0 Å². The molecule has 0 bridgehead atoms. The first-order valence-electron chi connectivity index (χ1n) is 7.94. The lowest BCUT2D eigenvalue weighted by Gasteiger charge is -2.17. The molecule has 5 nitrogen and oxygen atoms in total. The molecule has 128 valence electrons. The highest BCUT2D eigenvalue weighted by Crippen LogP contribution is 2.28. The number of benzene rings is 1. The Morgan fingerprint density at radius 3 is 2.67 bits per heavy atom. The summed E-state index contributed by atoms with van der Waals surface area (Å²) in [5, 5.41) is 7.83. The largest absolute Gasteiger partial charge is 0.338 e. The van der Waals surface area contributed by atoms with E-state index in [2.05, 4.69) is 26.3 Å². The normalized spacial score (nSPS) is 22.3. The number of halogens is 2. The molecule has 3 heterocycles. The molecular weight excluding hydrogens is 392 g/mol. The maximum absolute atomic E-state index is 12.9. The maximum atomic E-state index is 12.9. The minimum absolute atomic E-state index is 0. The topological polar surface area (TPSA) is 50.2 Å². The third-order valence-electron chi connectivity index (χ3n) is 4.97. The van der Waals surface area contributed by atoms with E-state index in [0.29, 0.717) is 17.4 Å². The number of fused-ring (bicyclic) bond motifs is 1. The van der Waals surface area contributed by atoms with Crippen LogP contribution >= 0.6 is 28.3 Å². The van der Waals surface area contributed by atoms with Crippen molar-refractivity contribution in [2.75, 3.05) is 26.2 Å². The first kappa shape index (κ1) is 17.5. The van der Waals surface area contributed by atoms with Gasteiger partial charge in [-0.25, -0.2) is 4.68 Å². The molecule has 7 heteroatoms. The molecule has 2 atom stereocenters. The zero-order chi connectivity index (χ0) is 16.0. The van der Waals surface area contributed by atoms with Crippen LogP contribution in [0.4, 0.5) is 0 Å². The van der Waals surface area contributed by atoms with Crippen molar-refractivity contribution < 1.29 is 4.79 Å².